The van der Waals surface area contributed by atoms with E-state index in [2.05, 4.69) is 23.3 Å². The van der Waals surface area contributed by atoms with Gasteiger partial charge in [-0.1, -0.05) is 65.3 Å². The Bertz CT molecular complexity index is 1020. The number of hydrogen-bond acceptors (Lipinski definition) is 2. The number of pyridine rings is 1. The number of aromatic nitrogens is 1. The van der Waals surface area contributed by atoms with Crippen molar-refractivity contribution in [3.8, 4) is 22.5 Å². The maximum absolute atomic E-state index is 6.08. The van der Waals surface area contributed by atoms with Gasteiger partial charge in [0, 0.05) is 28.4 Å². The van der Waals surface area contributed by atoms with Gasteiger partial charge >= 0.3 is 0 Å². The Morgan fingerprint density at radius 2 is 1.42 bits per heavy atom. The molecule has 2 heterocycles. The van der Waals surface area contributed by atoms with Gasteiger partial charge < -0.3 is 4.42 Å². The van der Waals surface area contributed by atoms with Crippen molar-refractivity contribution in [1.82, 2.24) is 0 Å². The first-order valence-electron chi connectivity index (χ1n) is 8.57. The average molecular weight is 339 g/mol. The van der Waals surface area contributed by atoms with E-state index in [9.17, 15) is 0 Å². The molecule has 0 aliphatic carbocycles. The standard InChI is InChI=1S/C23H19N2O/c1-18-9-8-14-25(17-18)24-23-16-21(19-10-4-2-5-11-19)15-22(26-23)20-12-6-3-7-13-20/h2-17H,1H3/q+1/b24-23-. The van der Waals surface area contributed by atoms with Gasteiger partial charge in [-0.2, -0.15) is 0 Å². The minimum Gasteiger partial charge on any atom is -0.434 e. The number of rotatable bonds is 3. The van der Waals surface area contributed by atoms with Crippen LogP contribution in [0, 0.1) is 6.92 Å². The van der Waals surface area contributed by atoms with E-state index in [4.69, 9.17) is 4.42 Å². The van der Waals surface area contributed by atoms with Gasteiger partial charge in [-0.25, -0.2) is 0 Å². The Kier molecular flexibility index (Phi) is 4.44. The molecule has 0 aliphatic heterocycles. The Balaban J connectivity index is 1.91. The molecular weight excluding hydrogens is 320 g/mol. The summed E-state index contributed by atoms with van der Waals surface area (Å²) in [5.74, 6) is 0.791. The largest absolute Gasteiger partial charge is 0.434 e. The SMILES string of the molecule is Cc1ccc[n+](/N=c2/cc(-c3ccccc3)cc(-c3ccccc3)o2)c1. The molecule has 0 atom stereocenters. The summed E-state index contributed by atoms with van der Waals surface area (Å²) < 4.78 is 7.86. The van der Waals surface area contributed by atoms with Crippen LogP contribution in [0.3, 0.4) is 0 Å². The van der Waals surface area contributed by atoms with Crippen LogP contribution in [0.25, 0.3) is 22.5 Å². The van der Waals surface area contributed by atoms with E-state index in [-0.39, 0.29) is 0 Å². The van der Waals surface area contributed by atoms with Crippen molar-refractivity contribution in [1.29, 1.82) is 0 Å². The van der Waals surface area contributed by atoms with Gasteiger partial charge in [0.05, 0.1) is 0 Å². The smallest absolute Gasteiger partial charge is 0.285 e. The Morgan fingerprint density at radius 3 is 2.12 bits per heavy atom. The maximum Gasteiger partial charge on any atom is 0.285 e. The fourth-order valence-corrected chi connectivity index (χ4v) is 2.83. The molecule has 0 aliphatic rings. The number of aryl methyl sites for hydroxylation is 1. The van der Waals surface area contributed by atoms with Crippen molar-refractivity contribution >= 4 is 0 Å². The van der Waals surface area contributed by atoms with E-state index in [1.807, 2.05) is 86.0 Å². The summed E-state index contributed by atoms with van der Waals surface area (Å²) in [6, 6.07) is 28.4. The molecule has 0 bridgehead atoms. The minimum absolute atomic E-state index is 0.556. The van der Waals surface area contributed by atoms with Crippen molar-refractivity contribution in [3.63, 3.8) is 0 Å². The van der Waals surface area contributed by atoms with E-state index in [1.54, 1.807) is 4.68 Å². The molecule has 26 heavy (non-hydrogen) atoms. The van der Waals surface area contributed by atoms with Gasteiger partial charge in [-0.15, -0.1) is 0 Å². The molecule has 2 aromatic heterocycles. The third-order valence-corrected chi connectivity index (χ3v) is 4.09. The predicted octanol–water partition coefficient (Wildman–Crippen LogP) is 4.57. The lowest BCUT2D eigenvalue weighted by atomic mass is 10.0. The van der Waals surface area contributed by atoms with Crippen molar-refractivity contribution < 1.29 is 9.09 Å². The summed E-state index contributed by atoms with van der Waals surface area (Å²) in [5.41, 5.74) is 4.92. The van der Waals surface area contributed by atoms with E-state index >= 15 is 0 Å². The van der Waals surface area contributed by atoms with Crippen molar-refractivity contribution in [3.05, 3.63) is 108 Å². The molecule has 0 spiro atoms. The molecule has 126 valence electrons. The first-order valence-corrected chi connectivity index (χ1v) is 8.57. The second kappa shape index (κ2) is 7.19. The minimum atomic E-state index is 0.556. The fourth-order valence-electron chi connectivity index (χ4n) is 2.83. The zero-order chi connectivity index (χ0) is 17.8. The monoisotopic (exact) mass is 339 g/mol. The Labute approximate surface area is 152 Å². The summed E-state index contributed by atoms with van der Waals surface area (Å²) in [4.78, 5) is 0. The number of hydrogen-bond donors (Lipinski definition) is 0. The summed E-state index contributed by atoms with van der Waals surface area (Å²) in [5, 5.41) is 4.62. The van der Waals surface area contributed by atoms with Crippen LogP contribution in [0.4, 0.5) is 0 Å². The first kappa shape index (κ1) is 16.0. The van der Waals surface area contributed by atoms with Gasteiger partial charge in [0.1, 0.15) is 5.76 Å². The van der Waals surface area contributed by atoms with Gasteiger partial charge in [-0.3, -0.25) is 0 Å². The van der Waals surface area contributed by atoms with Crippen LogP contribution in [0.5, 0.6) is 0 Å². The third kappa shape index (κ3) is 3.62. The summed E-state index contributed by atoms with van der Waals surface area (Å²) in [6.45, 7) is 2.04. The zero-order valence-corrected chi connectivity index (χ0v) is 14.5. The highest BCUT2D eigenvalue weighted by atomic mass is 16.3. The topological polar surface area (TPSA) is 29.4 Å². The Morgan fingerprint density at radius 1 is 0.731 bits per heavy atom. The molecule has 3 heteroatoms. The van der Waals surface area contributed by atoms with E-state index in [0.29, 0.717) is 5.55 Å². The molecule has 3 nitrogen and oxygen atoms in total. The Hall–Kier alpha value is -3.46. The van der Waals surface area contributed by atoms with Crippen LogP contribution in [-0.4, -0.2) is 0 Å². The highest BCUT2D eigenvalue weighted by Gasteiger charge is 2.07. The van der Waals surface area contributed by atoms with Gasteiger partial charge in [-0.05, 0) is 30.2 Å². The molecule has 0 saturated carbocycles. The highest BCUT2D eigenvalue weighted by molar-refractivity contribution is 5.68. The molecule has 0 fully saturated rings. The van der Waals surface area contributed by atoms with Crippen LogP contribution < -0.4 is 10.2 Å². The second-order valence-electron chi connectivity index (χ2n) is 6.14. The van der Waals surface area contributed by atoms with Crippen molar-refractivity contribution in [2.45, 2.75) is 6.92 Å². The lowest BCUT2D eigenvalue weighted by Gasteiger charge is -2.05. The molecular formula is C23H19N2O+. The van der Waals surface area contributed by atoms with Crippen LogP contribution in [-0.2, 0) is 0 Å². The molecule has 0 amide bonds. The molecule has 0 N–H and O–H groups in total. The quantitative estimate of drug-likeness (QED) is 0.503. The maximum atomic E-state index is 6.08. The van der Waals surface area contributed by atoms with Gasteiger partial charge in [0.25, 0.3) is 5.55 Å². The molecule has 4 rings (SSSR count). The van der Waals surface area contributed by atoms with E-state index in [1.165, 1.54) is 0 Å². The summed E-state index contributed by atoms with van der Waals surface area (Å²) in [6.07, 6.45) is 3.87. The van der Waals surface area contributed by atoms with Gasteiger partial charge in [0.2, 0.25) is 12.4 Å². The number of benzene rings is 2. The predicted molar refractivity (Wildman–Crippen MR) is 102 cm³/mol. The van der Waals surface area contributed by atoms with E-state index in [0.717, 1.165) is 28.0 Å². The van der Waals surface area contributed by atoms with E-state index < -0.39 is 0 Å². The molecule has 0 saturated heterocycles. The third-order valence-electron chi connectivity index (χ3n) is 4.09. The molecule has 2 aromatic carbocycles. The highest BCUT2D eigenvalue weighted by Crippen LogP contribution is 2.24. The lowest BCUT2D eigenvalue weighted by molar-refractivity contribution is -0.684. The normalized spacial score (nSPS) is 11.5. The molecule has 0 radical (unpaired) electrons. The zero-order valence-electron chi connectivity index (χ0n) is 14.5. The van der Waals surface area contributed by atoms with Gasteiger partial charge in [0.15, 0.2) is 0 Å². The summed E-state index contributed by atoms with van der Waals surface area (Å²) in [7, 11) is 0. The van der Waals surface area contributed by atoms with Crippen LogP contribution in [0.15, 0.2) is 107 Å². The van der Waals surface area contributed by atoms with Crippen molar-refractivity contribution in [2.75, 3.05) is 0 Å². The van der Waals surface area contributed by atoms with Crippen LogP contribution >= 0.6 is 0 Å². The summed E-state index contributed by atoms with van der Waals surface area (Å²) >= 11 is 0. The fraction of sp³-hybridized carbons (Fsp3) is 0.0435. The molecule has 0 unspecified atom stereocenters. The number of nitrogens with zero attached hydrogens (tertiary/aromatic N) is 2. The lowest BCUT2D eigenvalue weighted by Crippen LogP contribution is -2.30. The average Bonchev–Trinajstić information content (AvgIpc) is 2.69. The van der Waals surface area contributed by atoms with Crippen LogP contribution in [0.1, 0.15) is 5.56 Å². The van der Waals surface area contributed by atoms with Crippen molar-refractivity contribution in [2.24, 2.45) is 5.10 Å². The van der Waals surface area contributed by atoms with Crippen LogP contribution in [0.2, 0.25) is 0 Å². The molecule has 4 aromatic rings. The first-order chi connectivity index (χ1) is 12.8. The second-order valence-corrected chi connectivity index (χ2v) is 6.14.